The van der Waals surface area contributed by atoms with E-state index in [1.807, 2.05) is 30.0 Å². The molecular formula is C39H53FN8O3. The van der Waals surface area contributed by atoms with Gasteiger partial charge >= 0.3 is 0 Å². The molecule has 51 heavy (non-hydrogen) atoms. The molecule has 2 aromatic carbocycles. The van der Waals surface area contributed by atoms with E-state index in [1.165, 1.54) is 19.6 Å². The molecule has 274 valence electrons. The second-order valence-electron chi connectivity index (χ2n) is 16.1. The summed E-state index contributed by atoms with van der Waals surface area (Å²) in [6, 6.07) is 11.0. The Morgan fingerprint density at radius 1 is 1.04 bits per heavy atom. The molecule has 2 aliphatic heterocycles. The topological polar surface area (TPSA) is 116 Å². The first-order valence-corrected chi connectivity index (χ1v) is 18.6. The predicted molar refractivity (Wildman–Crippen MR) is 200 cm³/mol. The lowest BCUT2D eigenvalue weighted by molar-refractivity contribution is -0.124. The summed E-state index contributed by atoms with van der Waals surface area (Å²) in [6.45, 7) is 15.9. The minimum absolute atomic E-state index is 0.0103. The number of fused-ring (bicyclic) bond motifs is 3. The van der Waals surface area contributed by atoms with E-state index in [2.05, 4.69) is 55.5 Å². The van der Waals surface area contributed by atoms with Crippen LogP contribution in [0.15, 0.2) is 46.2 Å². The summed E-state index contributed by atoms with van der Waals surface area (Å²) in [4.78, 5) is 41.7. The fourth-order valence-electron chi connectivity index (χ4n) is 9.18. The highest BCUT2D eigenvalue weighted by atomic mass is 19.1. The average Bonchev–Trinajstić information content (AvgIpc) is 3.07. The number of anilines is 2. The molecule has 8 rings (SSSR count). The van der Waals surface area contributed by atoms with Crippen LogP contribution in [0.5, 0.6) is 5.75 Å². The number of rotatable bonds is 7. The Morgan fingerprint density at radius 3 is 2.47 bits per heavy atom. The number of piperazine rings is 2. The number of aliphatic imine (C=N–C) groups is 1. The molecule has 3 N–H and O–H groups in total. The Labute approximate surface area is 300 Å². The van der Waals surface area contributed by atoms with Crippen LogP contribution in [-0.4, -0.2) is 83.8 Å². The average molecular weight is 701 g/mol. The highest BCUT2D eigenvalue weighted by molar-refractivity contribution is 5.98. The van der Waals surface area contributed by atoms with Crippen LogP contribution in [0.1, 0.15) is 59.9 Å². The maximum absolute atomic E-state index is 15.0. The summed E-state index contributed by atoms with van der Waals surface area (Å²) in [7, 11) is 1.51. The first kappa shape index (κ1) is 35.2. The van der Waals surface area contributed by atoms with Crippen molar-refractivity contribution in [2.75, 3.05) is 43.5 Å². The number of hydrogen-bond donors (Lipinski definition) is 3. The van der Waals surface area contributed by atoms with Crippen LogP contribution in [0, 0.1) is 29.0 Å². The maximum Gasteiger partial charge on any atom is 0.262 e. The van der Waals surface area contributed by atoms with Crippen molar-refractivity contribution >= 4 is 34.4 Å². The van der Waals surface area contributed by atoms with Gasteiger partial charge in [0.25, 0.3) is 5.56 Å². The zero-order chi connectivity index (χ0) is 36.2. The highest BCUT2D eigenvalue weighted by Crippen LogP contribution is 2.61. The number of carbonyl (C=O) groups is 1. The number of ether oxygens (including phenoxy) is 1. The van der Waals surface area contributed by atoms with E-state index < -0.39 is 0 Å². The van der Waals surface area contributed by atoms with Gasteiger partial charge in [-0.3, -0.25) is 14.2 Å². The van der Waals surface area contributed by atoms with Crippen molar-refractivity contribution in [3.8, 4) is 5.75 Å². The second-order valence-corrected chi connectivity index (χ2v) is 16.1. The van der Waals surface area contributed by atoms with Crippen LogP contribution < -0.4 is 31.1 Å². The fourth-order valence-corrected chi connectivity index (χ4v) is 9.18. The molecule has 3 heterocycles. The van der Waals surface area contributed by atoms with Crippen molar-refractivity contribution in [2.24, 2.45) is 28.2 Å². The lowest BCUT2D eigenvalue weighted by Crippen LogP contribution is -2.58. The van der Waals surface area contributed by atoms with Crippen molar-refractivity contribution in [1.82, 2.24) is 25.1 Å². The highest BCUT2D eigenvalue weighted by Gasteiger charge is 2.56. The number of carbonyl (C=O) groups excluding carboxylic acids is 1. The van der Waals surface area contributed by atoms with Gasteiger partial charge in [-0.25, -0.2) is 14.4 Å². The van der Waals surface area contributed by atoms with Gasteiger partial charge in [-0.15, -0.1) is 0 Å². The van der Waals surface area contributed by atoms with Gasteiger partial charge in [-0.1, -0.05) is 26.8 Å². The second kappa shape index (κ2) is 13.7. The van der Waals surface area contributed by atoms with E-state index in [4.69, 9.17) is 14.7 Å². The molecule has 3 aromatic rings. The third-order valence-corrected chi connectivity index (χ3v) is 12.0. The normalized spacial score (nSPS) is 29.1. The molecule has 0 unspecified atom stereocenters. The monoisotopic (exact) mass is 700 g/mol. The first-order chi connectivity index (χ1) is 24.3. The van der Waals surface area contributed by atoms with E-state index in [9.17, 15) is 14.0 Å². The summed E-state index contributed by atoms with van der Waals surface area (Å²) in [5.74, 6) is 3.06. The van der Waals surface area contributed by atoms with Crippen molar-refractivity contribution in [2.45, 2.75) is 91.5 Å². The zero-order valence-corrected chi connectivity index (χ0v) is 31.0. The van der Waals surface area contributed by atoms with Crippen LogP contribution in [-0.2, 0) is 17.8 Å². The van der Waals surface area contributed by atoms with Gasteiger partial charge in [0.15, 0.2) is 5.96 Å². The molecule has 0 radical (unpaired) electrons. The Hall–Kier alpha value is -4.19. The summed E-state index contributed by atoms with van der Waals surface area (Å²) < 4.78 is 21.8. The largest absolute Gasteiger partial charge is 0.497 e. The fraction of sp³-hybridized carbons (Fsp3) is 0.590. The Kier molecular flexibility index (Phi) is 9.49. The molecule has 11 nitrogen and oxygen atoms in total. The smallest absolute Gasteiger partial charge is 0.262 e. The van der Waals surface area contributed by atoms with E-state index in [-0.39, 0.29) is 54.5 Å². The van der Waals surface area contributed by atoms with Crippen molar-refractivity contribution in [1.29, 1.82) is 0 Å². The molecular weight excluding hydrogens is 647 g/mol. The number of hydrogen-bond acceptors (Lipinski definition) is 7. The standard InChI is InChI=1S/C39H53FN8O3/c1-22-19-47(20-23(2)41-22)38-45-34-16-28(9-11-30(34)36(50)48(38)13-12-26-8-10-29(51-7)17-32(26)40)43-37(46-18-24(3)42-35(49)21-46)44-33-15-27-14-31(25(33)4)39(27,5)6/h8-11,16-17,22-25,27,31,33,41H,12-15,18-21H2,1-7H3,(H,42,49)(H,43,44)/t22-,23+,24-,25-,27+,31-,33-/m0/s1. The molecule has 3 aliphatic carbocycles. The van der Waals surface area contributed by atoms with Crippen molar-refractivity contribution in [3.63, 3.8) is 0 Å². The number of benzene rings is 2. The molecule has 2 saturated heterocycles. The number of guanidine groups is 1. The number of amides is 1. The van der Waals surface area contributed by atoms with Crippen molar-refractivity contribution in [3.05, 3.63) is 58.1 Å². The first-order valence-electron chi connectivity index (χ1n) is 18.6. The van der Waals surface area contributed by atoms with Gasteiger partial charge in [-0.05, 0) is 93.0 Å². The Balaban J connectivity index is 1.24. The van der Waals surface area contributed by atoms with E-state index in [0.717, 1.165) is 12.1 Å². The number of methoxy groups -OCH3 is 1. The van der Waals surface area contributed by atoms with E-state index in [1.54, 1.807) is 16.7 Å². The summed E-state index contributed by atoms with van der Waals surface area (Å²) in [5, 5.41) is 10.7. The van der Waals surface area contributed by atoms with Crippen LogP contribution >= 0.6 is 0 Å². The Morgan fingerprint density at radius 2 is 1.80 bits per heavy atom. The minimum Gasteiger partial charge on any atom is -0.497 e. The van der Waals surface area contributed by atoms with Gasteiger partial charge in [-0.2, -0.15) is 0 Å². The third kappa shape index (κ3) is 6.91. The lowest BCUT2D eigenvalue weighted by atomic mass is 9.45. The number of aromatic nitrogens is 2. The molecule has 3 saturated carbocycles. The van der Waals surface area contributed by atoms with Gasteiger partial charge in [0.2, 0.25) is 11.9 Å². The molecule has 5 fully saturated rings. The summed E-state index contributed by atoms with van der Waals surface area (Å²) in [6.07, 6.45) is 2.63. The van der Waals surface area contributed by atoms with E-state index in [0.29, 0.717) is 83.3 Å². The molecule has 2 bridgehead atoms. The third-order valence-electron chi connectivity index (χ3n) is 12.0. The molecule has 12 heteroatoms. The van der Waals surface area contributed by atoms with Gasteiger partial charge in [0.1, 0.15) is 11.6 Å². The van der Waals surface area contributed by atoms with Crippen LogP contribution in [0.4, 0.5) is 16.0 Å². The van der Waals surface area contributed by atoms with Crippen molar-refractivity contribution < 1.29 is 13.9 Å². The van der Waals surface area contributed by atoms with Gasteiger partial charge in [0, 0.05) is 56.1 Å². The van der Waals surface area contributed by atoms with Crippen LogP contribution in [0.2, 0.25) is 0 Å². The zero-order valence-electron chi connectivity index (χ0n) is 31.0. The van der Waals surface area contributed by atoms with Crippen LogP contribution in [0.3, 0.4) is 0 Å². The number of aryl methyl sites for hydroxylation is 1. The molecule has 7 atom stereocenters. The minimum atomic E-state index is -0.362. The Bertz CT molecular complexity index is 1880. The maximum atomic E-state index is 15.0. The van der Waals surface area contributed by atoms with Crippen LogP contribution in [0.25, 0.3) is 10.9 Å². The SMILES string of the molecule is COc1ccc(CCn2c(N3C[C@@H](C)N[C@@H](C)C3)nc3cc(NC(=N[C@H]4C[C@H]5C[C@@H]([C@@H]4C)C5(C)C)N4CC(=O)N[C@@H](C)C4)ccc3c2=O)c(F)c1. The molecule has 5 aliphatic rings. The predicted octanol–water partition coefficient (Wildman–Crippen LogP) is 4.63. The number of nitrogens with one attached hydrogen (secondary N) is 3. The lowest BCUT2D eigenvalue weighted by Gasteiger charge is -2.61. The molecule has 1 aromatic heterocycles. The summed E-state index contributed by atoms with van der Waals surface area (Å²) >= 11 is 0. The molecule has 0 spiro atoms. The quantitative estimate of drug-likeness (QED) is 0.242. The number of halogens is 1. The van der Waals surface area contributed by atoms with Gasteiger partial charge in [0.05, 0.1) is 30.6 Å². The summed E-state index contributed by atoms with van der Waals surface area (Å²) in [5.41, 5.74) is 2.02. The van der Waals surface area contributed by atoms with Gasteiger partial charge < -0.3 is 30.5 Å². The van der Waals surface area contributed by atoms with E-state index >= 15 is 0 Å². The molecule has 1 amide bonds. The number of nitrogens with zero attached hydrogens (tertiary/aromatic N) is 5.